The van der Waals surface area contributed by atoms with E-state index in [4.69, 9.17) is 0 Å². The van der Waals surface area contributed by atoms with E-state index in [0.29, 0.717) is 22.6 Å². The number of carbonyl (C=O) groups excluding carboxylic acids is 1. The summed E-state index contributed by atoms with van der Waals surface area (Å²) in [6, 6.07) is 19.5. The van der Waals surface area contributed by atoms with E-state index >= 15 is 0 Å². The SMILES string of the molecule is Cc1cc(C)c(C#N)c(NC(=O)c2ccccc2SCc2ccc(F)cc2)c1. The molecule has 28 heavy (non-hydrogen) atoms. The maximum atomic E-state index is 13.1. The van der Waals surface area contributed by atoms with Crippen molar-refractivity contribution in [1.29, 1.82) is 5.26 Å². The number of amides is 1. The largest absolute Gasteiger partial charge is 0.321 e. The molecule has 0 unspecified atom stereocenters. The number of hydrogen-bond donors (Lipinski definition) is 1. The van der Waals surface area contributed by atoms with Crippen LogP contribution in [0, 0.1) is 31.0 Å². The number of thioether (sulfide) groups is 1. The van der Waals surface area contributed by atoms with Crippen LogP contribution in [0.15, 0.2) is 65.6 Å². The molecular formula is C23H19FN2OS. The fourth-order valence-corrected chi connectivity index (χ4v) is 3.93. The number of carbonyl (C=O) groups is 1. The van der Waals surface area contributed by atoms with E-state index in [1.54, 1.807) is 24.3 Å². The highest BCUT2D eigenvalue weighted by molar-refractivity contribution is 7.98. The van der Waals surface area contributed by atoms with E-state index in [0.717, 1.165) is 21.6 Å². The van der Waals surface area contributed by atoms with Gasteiger partial charge in [-0.3, -0.25) is 4.79 Å². The summed E-state index contributed by atoms with van der Waals surface area (Å²) >= 11 is 1.51. The Kier molecular flexibility index (Phi) is 6.13. The smallest absolute Gasteiger partial charge is 0.256 e. The number of nitrogens with zero attached hydrogens (tertiary/aromatic N) is 1. The second kappa shape index (κ2) is 8.73. The average molecular weight is 390 g/mol. The Morgan fingerprint density at radius 3 is 2.54 bits per heavy atom. The molecule has 0 heterocycles. The number of rotatable bonds is 5. The van der Waals surface area contributed by atoms with Crippen LogP contribution in [0.25, 0.3) is 0 Å². The molecule has 0 aromatic heterocycles. The molecule has 0 radical (unpaired) electrons. The lowest BCUT2D eigenvalue weighted by molar-refractivity contribution is 0.102. The van der Waals surface area contributed by atoms with Crippen molar-refractivity contribution in [2.24, 2.45) is 0 Å². The Morgan fingerprint density at radius 2 is 1.82 bits per heavy atom. The molecule has 0 fully saturated rings. The van der Waals surface area contributed by atoms with Crippen LogP contribution in [-0.2, 0) is 5.75 Å². The van der Waals surface area contributed by atoms with Crippen molar-refractivity contribution in [1.82, 2.24) is 0 Å². The molecule has 5 heteroatoms. The van der Waals surface area contributed by atoms with E-state index in [9.17, 15) is 14.4 Å². The highest BCUT2D eigenvalue weighted by Crippen LogP contribution is 2.28. The van der Waals surface area contributed by atoms with Gasteiger partial charge in [0.15, 0.2) is 0 Å². The second-order valence-corrected chi connectivity index (χ2v) is 7.50. The first-order valence-electron chi connectivity index (χ1n) is 8.77. The molecule has 0 aliphatic carbocycles. The van der Waals surface area contributed by atoms with Gasteiger partial charge in [-0.25, -0.2) is 4.39 Å². The van der Waals surface area contributed by atoms with Gasteiger partial charge in [-0.15, -0.1) is 11.8 Å². The van der Waals surface area contributed by atoms with Gasteiger partial charge in [0.2, 0.25) is 0 Å². The predicted octanol–water partition coefficient (Wildman–Crippen LogP) is 5.86. The van der Waals surface area contributed by atoms with E-state index in [2.05, 4.69) is 11.4 Å². The summed E-state index contributed by atoms with van der Waals surface area (Å²) in [5.74, 6) is 0.0939. The molecule has 1 N–H and O–H groups in total. The molecule has 0 aliphatic heterocycles. The van der Waals surface area contributed by atoms with Crippen LogP contribution in [0.2, 0.25) is 0 Å². The quantitative estimate of drug-likeness (QED) is 0.555. The topological polar surface area (TPSA) is 52.9 Å². The summed E-state index contributed by atoms with van der Waals surface area (Å²) < 4.78 is 13.1. The summed E-state index contributed by atoms with van der Waals surface area (Å²) in [6.07, 6.45) is 0. The molecular weight excluding hydrogens is 371 g/mol. The third kappa shape index (κ3) is 4.59. The van der Waals surface area contributed by atoms with Gasteiger partial charge in [-0.2, -0.15) is 5.26 Å². The zero-order valence-electron chi connectivity index (χ0n) is 15.6. The summed E-state index contributed by atoms with van der Waals surface area (Å²) in [6.45, 7) is 3.78. The van der Waals surface area contributed by atoms with Gasteiger partial charge in [0.1, 0.15) is 11.9 Å². The van der Waals surface area contributed by atoms with Crippen molar-refractivity contribution < 1.29 is 9.18 Å². The van der Waals surface area contributed by atoms with Gasteiger partial charge >= 0.3 is 0 Å². The normalized spacial score (nSPS) is 10.4. The summed E-state index contributed by atoms with van der Waals surface area (Å²) in [4.78, 5) is 13.7. The molecule has 3 aromatic carbocycles. The minimum atomic E-state index is -0.268. The molecule has 1 amide bonds. The monoisotopic (exact) mass is 390 g/mol. The van der Waals surface area contributed by atoms with Crippen molar-refractivity contribution in [2.45, 2.75) is 24.5 Å². The van der Waals surface area contributed by atoms with Crippen LogP contribution < -0.4 is 5.32 Å². The fourth-order valence-electron chi connectivity index (χ4n) is 2.93. The summed E-state index contributed by atoms with van der Waals surface area (Å²) in [5.41, 5.74) is 4.31. The Labute approximate surface area is 168 Å². The van der Waals surface area contributed by atoms with Crippen LogP contribution in [0.4, 0.5) is 10.1 Å². The standard InChI is InChI=1S/C23H19FN2OS/c1-15-11-16(2)20(13-25)21(12-15)26-23(27)19-5-3-4-6-22(19)28-14-17-7-9-18(24)10-8-17/h3-12H,14H2,1-2H3,(H,26,27). The number of nitriles is 1. The van der Waals surface area contributed by atoms with Gasteiger partial charge < -0.3 is 5.32 Å². The van der Waals surface area contributed by atoms with Crippen LogP contribution in [0.1, 0.15) is 32.6 Å². The lowest BCUT2D eigenvalue weighted by Gasteiger charge is -2.13. The molecule has 3 aromatic rings. The number of anilines is 1. The minimum absolute atomic E-state index is 0.260. The van der Waals surface area contributed by atoms with Crippen LogP contribution >= 0.6 is 11.8 Å². The predicted molar refractivity (Wildman–Crippen MR) is 111 cm³/mol. The lowest BCUT2D eigenvalue weighted by Crippen LogP contribution is -2.14. The molecule has 0 atom stereocenters. The van der Waals surface area contributed by atoms with Gasteiger partial charge in [0.05, 0.1) is 16.8 Å². The zero-order chi connectivity index (χ0) is 20.1. The van der Waals surface area contributed by atoms with Crippen LogP contribution in [0.3, 0.4) is 0 Å². The number of nitrogens with one attached hydrogen (secondary N) is 1. The highest BCUT2D eigenvalue weighted by Gasteiger charge is 2.15. The third-order valence-electron chi connectivity index (χ3n) is 4.28. The van der Waals surface area contributed by atoms with Crippen molar-refractivity contribution >= 4 is 23.4 Å². The number of aryl methyl sites for hydroxylation is 2. The Bertz CT molecular complexity index is 1060. The molecule has 0 spiro atoms. The molecule has 0 aliphatic rings. The van der Waals surface area contributed by atoms with Gasteiger partial charge in [-0.05, 0) is 60.9 Å². The van der Waals surface area contributed by atoms with E-state index in [1.165, 1.54) is 23.9 Å². The lowest BCUT2D eigenvalue weighted by atomic mass is 10.0. The Morgan fingerprint density at radius 1 is 1.11 bits per heavy atom. The van der Waals surface area contributed by atoms with Crippen LogP contribution in [0.5, 0.6) is 0 Å². The fraction of sp³-hybridized carbons (Fsp3) is 0.130. The number of benzene rings is 3. The van der Waals surface area contributed by atoms with E-state index < -0.39 is 0 Å². The maximum absolute atomic E-state index is 13.1. The first kappa shape index (κ1) is 19.7. The second-order valence-electron chi connectivity index (χ2n) is 6.48. The van der Waals surface area contributed by atoms with E-state index in [1.807, 2.05) is 38.1 Å². The molecule has 3 nitrogen and oxygen atoms in total. The number of halogens is 1. The van der Waals surface area contributed by atoms with Crippen molar-refractivity contribution in [2.75, 3.05) is 5.32 Å². The molecule has 0 saturated carbocycles. The summed E-state index contributed by atoms with van der Waals surface area (Å²) in [5, 5.41) is 12.3. The third-order valence-corrected chi connectivity index (χ3v) is 5.42. The van der Waals surface area contributed by atoms with Gasteiger partial charge in [0.25, 0.3) is 5.91 Å². The first-order valence-corrected chi connectivity index (χ1v) is 9.75. The van der Waals surface area contributed by atoms with Gasteiger partial charge in [-0.1, -0.05) is 30.3 Å². The minimum Gasteiger partial charge on any atom is -0.321 e. The van der Waals surface area contributed by atoms with E-state index in [-0.39, 0.29) is 11.7 Å². The average Bonchev–Trinajstić information content (AvgIpc) is 2.67. The molecule has 0 bridgehead atoms. The number of hydrogen-bond acceptors (Lipinski definition) is 3. The molecule has 140 valence electrons. The van der Waals surface area contributed by atoms with Crippen molar-refractivity contribution in [3.05, 3.63) is 94.3 Å². The highest BCUT2D eigenvalue weighted by atomic mass is 32.2. The maximum Gasteiger partial charge on any atom is 0.256 e. The Balaban J connectivity index is 1.82. The van der Waals surface area contributed by atoms with Gasteiger partial charge in [0, 0.05) is 10.6 Å². The van der Waals surface area contributed by atoms with Crippen LogP contribution in [-0.4, -0.2) is 5.91 Å². The molecule has 0 saturated heterocycles. The zero-order valence-corrected chi connectivity index (χ0v) is 16.4. The first-order chi connectivity index (χ1) is 13.5. The van der Waals surface area contributed by atoms with Crippen molar-refractivity contribution in [3.63, 3.8) is 0 Å². The molecule has 3 rings (SSSR count). The van der Waals surface area contributed by atoms with Crippen molar-refractivity contribution in [3.8, 4) is 6.07 Å². The Hall–Kier alpha value is -3.10. The summed E-state index contributed by atoms with van der Waals surface area (Å²) in [7, 11) is 0.